The monoisotopic (exact) mass is 464 g/mol. The number of nitrogens with zero attached hydrogens (tertiary/aromatic N) is 1. The van der Waals surface area contributed by atoms with Gasteiger partial charge in [0.2, 0.25) is 10.0 Å². The molecule has 1 saturated heterocycles. The van der Waals surface area contributed by atoms with E-state index in [1.807, 2.05) is 13.0 Å². The van der Waals surface area contributed by atoms with Crippen molar-refractivity contribution in [1.82, 2.24) is 4.31 Å². The molecule has 7 nitrogen and oxygen atoms in total. The van der Waals surface area contributed by atoms with Crippen molar-refractivity contribution in [2.75, 3.05) is 25.0 Å². The minimum atomic E-state index is -3.69. The summed E-state index contributed by atoms with van der Waals surface area (Å²) in [4.78, 5) is 24.4. The Labute approximate surface area is 187 Å². The highest BCUT2D eigenvalue weighted by atomic mass is 35.5. The number of esters is 1. The first kappa shape index (κ1) is 23.2. The molecule has 1 aliphatic heterocycles. The molecule has 3 rings (SSSR count). The molecule has 31 heavy (non-hydrogen) atoms. The van der Waals surface area contributed by atoms with Crippen LogP contribution in [0.25, 0.3) is 0 Å². The molecule has 0 spiro atoms. The molecule has 9 heteroatoms. The van der Waals surface area contributed by atoms with Crippen LogP contribution in [0, 0.1) is 6.92 Å². The molecule has 0 aromatic heterocycles. The van der Waals surface area contributed by atoms with Gasteiger partial charge in [-0.25, -0.2) is 13.2 Å². The zero-order valence-electron chi connectivity index (χ0n) is 17.3. The Kier molecular flexibility index (Phi) is 7.69. The van der Waals surface area contributed by atoms with Gasteiger partial charge in [0.1, 0.15) is 0 Å². The van der Waals surface area contributed by atoms with Gasteiger partial charge in [0.15, 0.2) is 6.61 Å². The van der Waals surface area contributed by atoms with Gasteiger partial charge in [-0.05, 0) is 50.1 Å². The maximum Gasteiger partial charge on any atom is 0.338 e. The Balaban J connectivity index is 1.67. The number of sulfonamides is 1. The van der Waals surface area contributed by atoms with Crippen LogP contribution < -0.4 is 5.32 Å². The fourth-order valence-electron chi connectivity index (χ4n) is 3.36. The van der Waals surface area contributed by atoms with E-state index < -0.39 is 28.5 Å². The molecule has 0 saturated carbocycles. The number of halogens is 1. The van der Waals surface area contributed by atoms with Crippen molar-refractivity contribution >= 4 is 39.2 Å². The minimum Gasteiger partial charge on any atom is -0.452 e. The predicted octanol–water partition coefficient (Wildman–Crippen LogP) is 4.01. The van der Waals surface area contributed by atoms with E-state index in [1.54, 1.807) is 18.2 Å². The number of nitrogens with one attached hydrogen (secondary N) is 1. The fourth-order valence-corrected chi connectivity index (χ4v) is 5.07. The lowest BCUT2D eigenvalue weighted by molar-refractivity contribution is -0.119. The van der Waals surface area contributed by atoms with E-state index in [0.717, 1.165) is 31.2 Å². The normalized spacial score (nSPS) is 15.2. The number of carbonyl (C=O) groups excluding carboxylic acids is 2. The van der Waals surface area contributed by atoms with Gasteiger partial charge < -0.3 is 10.1 Å². The van der Waals surface area contributed by atoms with Crippen LogP contribution in [-0.2, 0) is 19.6 Å². The molecule has 0 radical (unpaired) electrons. The molecule has 1 aliphatic rings. The van der Waals surface area contributed by atoms with Crippen LogP contribution in [0.1, 0.15) is 41.6 Å². The van der Waals surface area contributed by atoms with Crippen LogP contribution in [0.15, 0.2) is 47.4 Å². The maximum atomic E-state index is 13.0. The van der Waals surface area contributed by atoms with Crippen LogP contribution >= 0.6 is 11.6 Å². The summed E-state index contributed by atoms with van der Waals surface area (Å²) in [6.45, 7) is 2.27. The summed E-state index contributed by atoms with van der Waals surface area (Å²) >= 11 is 6.15. The van der Waals surface area contributed by atoms with Crippen molar-refractivity contribution in [3.05, 3.63) is 58.6 Å². The lowest BCUT2D eigenvalue weighted by atomic mass is 10.1. The highest BCUT2D eigenvalue weighted by molar-refractivity contribution is 7.89. The molecule has 2 aromatic rings. The zero-order valence-corrected chi connectivity index (χ0v) is 18.8. The summed E-state index contributed by atoms with van der Waals surface area (Å²) in [7, 11) is -3.69. The molecule has 1 N–H and O–H groups in total. The second-order valence-corrected chi connectivity index (χ2v) is 9.80. The summed E-state index contributed by atoms with van der Waals surface area (Å²) in [5.41, 5.74) is 1.39. The highest BCUT2D eigenvalue weighted by Gasteiger charge is 2.26. The van der Waals surface area contributed by atoms with Gasteiger partial charge in [0.05, 0.1) is 21.2 Å². The van der Waals surface area contributed by atoms with E-state index >= 15 is 0 Å². The first-order valence-corrected chi connectivity index (χ1v) is 11.9. The minimum absolute atomic E-state index is 0.0610. The second kappa shape index (κ2) is 10.3. The summed E-state index contributed by atoms with van der Waals surface area (Å²) < 4.78 is 32.5. The third kappa shape index (κ3) is 6.06. The molecule has 2 aromatic carbocycles. The zero-order chi connectivity index (χ0) is 22.4. The van der Waals surface area contributed by atoms with Crippen molar-refractivity contribution in [2.24, 2.45) is 0 Å². The van der Waals surface area contributed by atoms with E-state index in [2.05, 4.69) is 5.32 Å². The largest absolute Gasteiger partial charge is 0.452 e. The second-order valence-electron chi connectivity index (χ2n) is 7.45. The third-order valence-corrected chi connectivity index (χ3v) is 7.23. The number of anilines is 1. The lowest BCUT2D eigenvalue weighted by Gasteiger charge is -2.20. The van der Waals surface area contributed by atoms with E-state index in [4.69, 9.17) is 16.3 Å². The Morgan fingerprint density at radius 2 is 1.77 bits per heavy atom. The van der Waals surface area contributed by atoms with E-state index in [1.165, 1.54) is 22.5 Å². The maximum absolute atomic E-state index is 13.0. The Morgan fingerprint density at radius 1 is 1.06 bits per heavy atom. The molecule has 0 atom stereocenters. The van der Waals surface area contributed by atoms with Crippen molar-refractivity contribution in [3.63, 3.8) is 0 Å². The molecule has 0 aliphatic carbocycles. The van der Waals surface area contributed by atoms with Crippen molar-refractivity contribution < 1.29 is 22.7 Å². The number of hydrogen-bond acceptors (Lipinski definition) is 5. The number of carbonyl (C=O) groups is 2. The smallest absolute Gasteiger partial charge is 0.338 e. The van der Waals surface area contributed by atoms with E-state index in [9.17, 15) is 18.0 Å². The van der Waals surface area contributed by atoms with Crippen molar-refractivity contribution in [2.45, 2.75) is 37.5 Å². The van der Waals surface area contributed by atoms with Crippen molar-refractivity contribution in [1.29, 1.82) is 0 Å². The summed E-state index contributed by atoms with van der Waals surface area (Å²) in [6.07, 6.45) is 3.66. The van der Waals surface area contributed by atoms with E-state index in [0.29, 0.717) is 18.7 Å². The van der Waals surface area contributed by atoms with Gasteiger partial charge in [-0.2, -0.15) is 4.31 Å². The Hall–Kier alpha value is -2.42. The first-order chi connectivity index (χ1) is 14.8. The van der Waals surface area contributed by atoms with Gasteiger partial charge in [0, 0.05) is 13.1 Å². The predicted molar refractivity (Wildman–Crippen MR) is 119 cm³/mol. The molecule has 1 heterocycles. The van der Waals surface area contributed by atoms with Crippen LogP contribution in [-0.4, -0.2) is 44.3 Å². The molecule has 166 valence electrons. The molecule has 1 fully saturated rings. The number of amides is 1. The van der Waals surface area contributed by atoms with E-state index in [-0.39, 0.29) is 15.6 Å². The lowest BCUT2D eigenvalue weighted by Crippen LogP contribution is -2.32. The Morgan fingerprint density at radius 3 is 2.45 bits per heavy atom. The number of aryl methyl sites for hydroxylation is 1. The van der Waals surface area contributed by atoms with Gasteiger partial charge >= 0.3 is 5.97 Å². The summed E-state index contributed by atoms with van der Waals surface area (Å²) in [5, 5.41) is 2.71. The molecule has 0 bridgehead atoms. The number of hydrogen-bond donors (Lipinski definition) is 1. The highest BCUT2D eigenvalue weighted by Crippen LogP contribution is 2.28. The first-order valence-electron chi connectivity index (χ1n) is 10.1. The molecule has 1 amide bonds. The van der Waals surface area contributed by atoms with Crippen LogP contribution in [0.3, 0.4) is 0 Å². The van der Waals surface area contributed by atoms with Gasteiger partial charge in [-0.1, -0.05) is 42.1 Å². The summed E-state index contributed by atoms with van der Waals surface area (Å²) in [5.74, 6) is -1.24. The van der Waals surface area contributed by atoms with Crippen molar-refractivity contribution in [3.8, 4) is 0 Å². The van der Waals surface area contributed by atoms with Gasteiger partial charge in [-0.15, -0.1) is 0 Å². The molecule has 0 unspecified atom stereocenters. The number of benzene rings is 2. The van der Waals surface area contributed by atoms with Crippen LogP contribution in [0.2, 0.25) is 5.02 Å². The third-order valence-electron chi connectivity index (χ3n) is 5.00. The number of ether oxygens (including phenoxy) is 1. The van der Waals surface area contributed by atoms with Crippen LogP contribution in [0.4, 0.5) is 5.69 Å². The molecular formula is C22H25ClN2O5S. The average molecular weight is 465 g/mol. The Bertz CT molecular complexity index is 1060. The quantitative estimate of drug-likeness (QED) is 0.652. The SMILES string of the molecule is Cc1cccc(C(=O)OCC(=O)Nc2cc(S(=O)(=O)N3CCCCCC3)ccc2Cl)c1. The van der Waals surface area contributed by atoms with Crippen LogP contribution in [0.5, 0.6) is 0 Å². The van der Waals surface area contributed by atoms with Gasteiger partial charge in [0.25, 0.3) is 5.91 Å². The fraction of sp³-hybridized carbons (Fsp3) is 0.364. The number of rotatable bonds is 6. The summed E-state index contributed by atoms with van der Waals surface area (Å²) in [6, 6.07) is 11.0. The topological polar surface area (TPSA) is 92.8 Å². The average Bonchev–Trinajstić information content (AvgIpc) is 3.03. The standard InChI is InChI=1S/C22H25ClN2O5S/c1-16-7-6-8-17(13-16)22(27)30-15-21(26)24-20-14-18(9-10-19(20)23)31(28,29)25-11-4-2-3-5-12-25/h6-10,13-14H,2-5,11-12,15H2,1H3,(H,24,26). The molecular weight excluding hydrogens is 440 g/mol. The van der Waals surface area contributed by atoms with Gasteiger partial charge in [-0.3, -0.25) is 4.79 Å².